The number of rotatable bonds is 4. The van der Waals surface area contributed by atoms with Crippen LogP contribution < -0.4 is 5.73 Å². The highest BCUT2D eigenvalue weighted by atomic mass is 35.5. The number of hydrogen-bond donors (Lipinski definition) is 1. The van der Waals surface area contributed by atoms with Crippen LogP contribution in [0.5, 0.6) is 0 Å². The molecule has 0 aliphatic rings. The number of pyridine rings is 1. The van der Waals surface area contributed by atoms with Crippen LogP contribution in [0.1, 0.15) is 24.4 Å². The summed E-state index contributed by atoms with van der Waals surface area (Å²) in [5.41, 5.74) is 9.11. The highest BCUT2D eigenvalue weighted by molar-refractivity contribution is 6.31. The molecule has 0 aliphatic carbocycles. The van der Waals surface area contributed by atoms with Crippen LogP contribution in [0.4, 0.5) is 0 Å². The quantitative estimate of drug-likeness (QED) is 0.804. The summed E-state index contributed by atoms with van der Waals surface area (Å²) >= 11 is 6.17. The van der Waals surface area contributed by atoms with Gasteiger partial charge >= 0.3 is 0 Å². The lowest BCUT2D eigenvalue weighted by molar-refractivity contribution is 0.634. The van der Waals surface area contributed by atoms with Gasteiger partial charge in [0.05, 0.1) is 28.0 Å². The maximum Gasteiger partial charge on any atom is 0.0760 e. The fourth-order valence-electron chi connectivity index (χ4n) is 2.56. The number of nitrogens with zero attached hydrogens (tertiary/aromatic N) is 3. The number of benzene rings is 1. The van der Waals surface area contributed by atoms with Gasteiger partial charge in [-0.1, -0.05) is 29.8 Å². The predicted octanol–water partition coefficient (Wildman–Crippen LogP) is 3.35. The third-order valence-corrected chi connectivity index (χ3v) is 3.91. The zero-order valence-corrected chi connectivity index (χ0v) is 12.6. The van der Waals surface area contributed by atoms with Gasteiger partial charge in [-0.15, -0.1) is 0 Å². The maximum atomic E-state index is 6.27. The Kier molecular flexibility index (Phi) is 3.90. The van der Waals surface area contributed by atoms with E-state index >= 15 is 0 Å². The van der Waals surface area contributed by atoms with E-state index in [1.807, 2.05) is 22.9 Å². The molecular weight excluding hydrogens is 284 g/mol. The first kappa shape index (κ1) is 14.0. The topological polar surface area (TPSA) is 56.7 Å². The number of hydrogen-bond acceptors (Lipinski definition) is 3. The Bertz CT molecular complexity index is 766. The second-order valence-corrected chi connectivity index (χ2v) is 5.37. The molecule has 4 nitrogen and oxygen atoms in total. The van der Waals surface area contributed by atoms with Gasteiger partial charge in [-0.2, -0.15) is 5.10 Å². The minimum atomic E-state index is -0.262. The Morgan fingerprint density at radius 2 is 2.05 bits per heavy atom. The lowest BCUT2D eigenvalue weighted by Gasteiger charge is -2.11. The van der Waals surface area contributed by atoms with Crippen molar-refractivity contribution in [3.63, 3.8) is 0 Å². The zero-order chi connectivity index (χ0) is 14.8. The standard InChI is InChI=1S/C16H17ClN4/c1-2-21-15-8-4-3-6-11(15)14(20-21)10-13(18)16-12(17)7-5-9-19-16/h3-9,13H,2,10,18H2,1H3. The first-order valence-electron chi connectivity index (χ1n) is 7.01. The van der Waals surface area contributed by atoms with Crippen molar-refractivity contribution >= 4 is 22.5 Å². The second kappa shape index (κ2) is 5.84. The summed E-state index contributed by atoms with van der Waals surface area (Å²) in [7, 11) is 0. The van der Waals surface area contributed by atoms with Crippen molar-refractivity contribution in [1.82, 2.24) is 14.8 Å². The molecule has 0 fully saturated rings. The van der Waals surface area contributed by atoms with Crippen LogP contribution in [0.25, 0.3) is 10.9 Å². The van der Waals surface area contributed by atoms with E-state index < -0.39 is 0 Å². The SMILES string of the molecule is CCn1nc(CC(N)c2ncccc2Cl)c2ccccc21. The number of halogens is 1. The number of aryl methyl sites for hydroxylation is 1. The van der Waals surface area contributed by atoms with Crippen molar-refractivity contribution in [2.24, 2.45) is 5.73 Å². The van der Waals surface area contributed by atoms with Crippen LogP contribution in [-0.4, -0.2) is 14.8 Å². The summed E-state index contributed by atoms with van der Waals surface area (Å²) < 4.78 is 2.00. The van der Waals surface area contributed by atoms with Gasteiger partial charge in [-0.05, 0) is 25.1 Å². The monoisotopic (exact) mass is 300 g/mol. The summed E-state index contributed by atoms with van der Waals surface area (Å²) in [6, 6.07) is 11.6. The van der Waals surface area contributed by atoms with E-state index in [2.05, 4.69) is 29.1 Å². The van der Waals surface area contributed by atoms with E-state index in [4.69, 9.17) is 17.3 Å². The van der Waals surface area contributed by atoms with E-state index in [0.717, 1.165) is 23.1 Å². The van der Waals surface area contributed by atoms with E-state index in [1.54, 1.807) is 12.3 Å². The molecule has 0 amide bonds. The molecule has 0 radical (unpaired) electrons. The molecule has 21 heavy (non-hydrogen) atoms. The van der Waals surface area contributed by atoms with Gasteiger partial charge in [0.25, 0.3) is 0 Å². The van der Waals surface area contributed by atoms with Crippen LogP contribution in [0.2, 0.25) is 5.02 Å². The Morgan fingerprint density at radius 3 is 2.81 bits per heavy atom. The van der Waals surface area contributed by atoms with Crippen molar-refractivity contribution in [2.75, 3.05) is 0 Å². The predicted molar refractivity (Wildman–Crippen MR) is 85.3 cm³/mol. The summed E-state index contributed by atoms with van der Waals surface area (Å²) in [6.45, 7) is 2.92. The van der Waals surface area contributed by atoms with Crippen LogP contribution >= 0.6 is 11.6 Å². The van der Waals surface area contributed by atoms with Gasteiger partial charge in [-0.25, -0.2) is 0 Å². The first-order valence-corrected chi connectivity index (χ1v) is 7.39. The van der Waals surface area contributed by atoms with Crippen molar-refractivity contribution < 1.29 is 0 Å². The number of para-hydroxylation sites is 1. The highest BCUT2D eigenvalue weighted by Gasteiger charge is 2.16. The van der Waals surface area contributed by atoms with E-state index in [0.29, 0.717) is 17.1 Å². The lowest BCUT2D eigenvalue weighted by atomic mass is 10.1. The van der Waals surface area contributed by atoms with Crippen molar-refractivity contribution in [2.45, 2.75) is 25.9 Å². The maximum absolute atomic E-state index is 6.27. The van der Waals surface area contributed by atoms with Crippen LogP contribution in [-0.2, 0) is 13.0 Å². The lowest BCUT2D eigenvalue weighted by Crippen LogP contribution is -2.16. The third kappa shape index (κ3) is 2.64. The molecule has 2 N–H and O–H groups in total. The van der Waals surface area contributed by atoms with Gasteiger partial charge in [0.2, 0.25) is 0 Å². The smallest absolute Gasteiger partial charge is 0.0760 e. The zero-order valence-electron chi connectivity index (χ0n) is 11.8. The van der Waals surface area contributed by atoms with Crippen molar-refractivity contribution in [3.05, 3.63) is 59.0 Å². The Balaban J connectivity index is 1.97. The molecule has 0 saturated heterocycles. The summed E-state index contributed by atoms with van der Waals surface area (Å²) in [4.78, 5) is 4.29. The molecule has 0 spiro atoms. The van der Waals surface area contributed by atoms with Gasteiger partial charge in [0, 0.05) is 24.5 Å². The molecule has 0 aliphatic heterocycles. The molecule has 3 aromatic rings. The molecule has 1 unspecified atom stereocenters. The molecule has 2 aromatic heterocycles. The van der Waals surface area contributed by atoms with Gasteiger partial charge in [0.15, 0.2) is 0 Å². The Labute approximate surface area is 128 Å². The second-order valence-electron chi connectivity index (χ2n) is 4.96. The summed E-state index contributed by atoms with van der Waals surface area (Å²) in [5, 5.41) is 6.41. The normalized spacial score (nSPS) is 12.7. The molecule has 108 valence electrons. The minimum absolute atomic E-state index is 0.262. The average molecular weight is 301 g/mol. The first-order chi connectivity index (χ1) is 10.2. The number of fused-ring (bicyclic) bond motifs is 1. The summed E-state index contributed by atoms with van der Waals surface area (Å²) in [6.07, 6.45) is 2.33. The molecule has 0 bridgehead atoms. The molecule has 2 heterocycles. The van der Waals surface area contributed by atoms with Crippen LogP contribution in [0.15, 0.2) is 42.6 Å². The average Bonchev–Trinajstić information content (AvgIpc) is 2.86. The molecule has 1 atom stereocenters. The van der Waals surface area contributed by atoms with Crippen molar-refractivity contribution in [1.29, 1.82) is 0 Å². The minimum Gasteiger partial charge on any atom is -0.322 e. The third-order valence-electron chi connectivity index (χ3n) is 3.59. The van der Waals surface area contributed by atoms with E-state index in [-0.39, 0.29) is 6.04 Å². The molecular formula is C16H17ClN4. The fourth-order valence-corrected chi connectivity index (χ4v) is 2.83. The van der Waals surface area contributed by atoms with Crippen molar-refractivity contribution in [3.8, 4) is 0 Å². The Morgan fingerprint density at radius 1 is 1.24 bits per heavy atom. The van der Waals surface area contributed by atoms with Crippen LogP contribution in [0, 0.1) is 0 Å². The fraction of sp³-hybridized carbons (Fsp3) is 0.250. The number of nitrogens with two attached hydrogens (primary N) is 1. The van der Waals surface area contributed by atoms with E-state index in [1.165, 1.54) is 0 Å². The molecule has 0 saturated carbocycles. The molecule has 3 rings (SSSR count). The van der Waals surface area contributed by atoms with Gasteiger partial charge in [0.1, 0.15) is 0 Å². The van der Waals surface area contributed by atoms with Gasteiger partial charge < -0.3 is 5.73 Å². The number of aromatic nitrogens is 3. The van der Waals surface area contributed by atoms with Gasteiger partial charge in [-0.3, -0.25) is 9.67 Å². The molecule has 1 aromatic carbocycles. The molecule has 5 heteroatoms. The Hall–Kier alpha value is -1.91. The largest absolute Gasteiger partial charge is 0.322 e. The summed E-state index contributed by atoms with van der Waals surface area (Å²) in [5.74, 6) is 0. The highest BCUT2D eigenvalue weighted by Crippen LogP contribution is 2.25. The van der Waals surface area contributed by atoms with Crippen LogP contribution in [0.3, 0.4) is 0 Å². The van der Waals surface area contributed by atoms with E-state index in [9.17, 15) is 0 Å².